The number of nitrogens with one attached hydrogen (secondary N) is 2. The van der Waals surface area contributed by atoms with E-state index in [1.165, 1.54) is 70.6 Å². The van der Waals surface area contributed by atoms with Crippen LogP contribution in [0, 0.1) is 0 Å². The van der Waals surface area contributed by atoms with Gasteiger partial charge in [0, 0.05) is 19.8 Å². The molecule has 3 heterocycles. The molecule has 2 amide bonds. The normalized spacial score (nSPS) is 30.9. The third kappa shape index (κ3) is 23.9. The van der Waals surface area contributed by atoms with Crippen molar-refractivity contribution < 1.29 is 104 Å². The monoisotopic (exact) mass is 1140 g/mol. The average Bonchev–Trinajstić information content (AvgIpc) is 3.52. The molecule has 0 aromatic rings. The number of carboxylic acid groups (broad SMARTS) is 1. The molecule has 0 radical (unpaired) electrons. The van der Waals surface area contributed by atoms with E-state index in [0.29, 0.717) is 19.3 Å². The smallest absolute Gasteiger partial charge is 0.364 e. The van der Waals surface area contributed by atoms with Crippen LogP contribution in [0.2, 0.25) is 0 Å². The first-order valence-corrected chi connectivity index (χ1v) is 29.5. The number of hydrogen-bond donors (Lipinski definition) is 14. The fourth-order valence-electron chi connectivity index (χ4n) is 10.4. The molecule has 0 bridgehead atoms. The molecule has 0 aliphatic carbocycles. The summed E-state index contributed by atoms with van der Waals surface area (Å²) in [7, 11) is 0. The summed E-state index contributed by atoms with van der Waals surface area (Å²) in [4.78, 5) is 38.3. The van der Waals surface area contributed by atoms with Gasteiger partial charge in [-0.1, -0.05) is 142 Å². The van der Waals surface area contributed by atoms with Crippen molar-refractivity contribution in [2.24, 2.45) is 0 Å². The summed E-state index contributed by atoms with van der Waals surface area (Å²) in [5, 5.41) is 135. The Hall–Kier alpha value is -2.53. The molecule has 0 saturated carbocycles. The van der Waals surface area contributed by atoms with Crippen LogP contribution in [0.15, 0.2) is 12.2 Å². The minimum atomic E-state index is -3.08. The zero-order valence-corrected chi connectivity index (χ0v) is 47.2. The van der Waals surface area contributed by atoms with Gasteiger partial charge in [0.15, 0.2) is 12.6 Å². The molecule has 18 unspecified atom stereocenters. The molecular weight excluding hydrogens is 1040 g/mol. The third-order valence-electron chi connectivity index (χ3n) is 15.2. The van der Waals surface area contributed by atoms with Crippen LogP contribution in [0.25, 0.3) is 0 Å². The minimum Gasteiger partial charge on any atom is -0.477 e. The van der Waals surface area contributed by atoms with E-state index in [9.17, 15) is 75.7 Å². The zero-order chi connectivity index (χ0) is 58.3. The highest BCUT2D eigenvalue weighted by molar-refractivity contribution is 5.77. The van der Waals surface area contributed by atoms with Crippen molar-refractivity contribution >= 4 is 17.8 Å². The Balaban J connectivity index is 1.66. The Morgan fingerprint density at radius 1 is 0.646 bits per heavy atom. The molecule has 3 saturated heterocycles. The number of aliphatic carboxylic acids is 1. The van der Waals surface area contributed by atoms with Gasteiger partial charge in [0.05, 0.1) is 50.7 Å². The van der Waals surface area contributed by atoms with Gasteiger partial charge in [0.1, 0.15) is 67.1 Å². The molecule has 79 heavy (non-hydrogen) atoms. The van der Waals surface area contributed by atoms with E-state index in [1.807, 2.05) is 0 Å². The Morgan fingerprint density at radius 2 is 1.18 bits per heavy atom. The van der Waals surface area contributed by atoms with Gasteiger partial charge in [-0.3, -0.25) is 9.59 Å². The summed E-state index contributed by atoms with van der Waals surface area (Å²) in [6.45, 7) is 2.11. The summed E-state index contributed by atoms with van der Waals surface area (Å²) in [6.07, 6.45) is 1.25. The Labute approximate surface area is 467 Å². The molecule has 0 aromatic heterocycles. The van der Waals surface area contributed by atoms with Crippen molar-refractivity contribution in [2.45, 2.75) is 298 Å². The number of carboxylic acids is 1. The molecule has 23 heteroatoms. The molecule has 18 atom stereocenters. The number of amides is 2. The van der Waals surface area contributed by atoms with Crippen LogP contribution in [0.4, 0.5) is 0 Å². The van der Waals surface area contributed by atoms with Crippen molar-refractivity contribution in [1.82, 2.24) is 10.6 Å². The molecule has 3 aliphatic rings. The van der Waals surface area contributed by atoms with E-state index < -0.39 is 148 Å². The van der Waals surface area contributed by atoms with E-state index in [2.05, 4.69) is 36.6 Å². The number of carbonyl (C=O) groups excluding carboxylic acids is 2. The van der Waals surface area contributed by atoms with Crippen LogP contribution in [0.5, 0.6) is 0 Å². The van der Waals surface area contributed by atoms with Crippen molar-refractivity contribution in [3.05, 3.63) is 12.2 Å². The summed E-state index contributed by atoms with van der Waals surface area (Å²) in [5.74, 6) is -6.11. The predicted molar refractivity (Wildman–Crippen MR) is 288 cm³/mol. The van der Waals surface area contributed by atoms with Gasteiger partial charge in [-0.2, -0.15) is 0 Å². The van der Waals surface area contributed by atoms with Gasteiger partial charge < -0.3 is 100 Å². The third-order valence-corrected chi connectivity index (χ3v) is 15.2. The average molecular weight is 1140 g/mol. The molecule has 14 N–H and O–H groups in total. The molecule has 23 nitrogen and oxygen atoms in total. The van der Waals surface area contributed by atoms with Crippen LogP contribution in [-0.4, -0.2) is 215 Å². The van der Waals surface area contributed by atoms with Crippen LogP contribution < -0.4 is 10.6 Å². The molecule has 3 rings (SSSR count). The molecule has 462 valence electrons. The van der Waals surface area contributed by atoms with Gasteiger partial charge in [0.2, 0.25) is 11.8 Å². The first-order valence-electron chi connectivity index (χ1n) is 29.5. The fraction of sp³-hybridized carbons (Fsp3) is 0.911. The second-order valence-corrected chi connectivity index (χ2v) is 21.9. The fourth-order valence-corrected chi connectivity index (χ4v) is 10.4. The molecule has 3 fully saturated rings. The minimum absolute atomic E-state index is 0.214. The number of hydrogen-bond acceptors (Lipinski definition) is 20. The lowest BCUT2D eigenvalue weighted by Gasteiger charge is -2.50. The molecule has 0 aromatic carbocycles. The second-order valence-electron chi connectivity index (χ2n) is 21.9. The van der Waals surface area contributed by atoms with E-state index in [1.54, 1.807) is 0 Å². The Kier molecular flexibility index (Phi) is 35.0. The lowest BCUT2D eigenvalue weighted by Crippen LogP contribution is -2.70. The van der Waals surface area contributed by atoms with Crippen molar-refractivity contribution in [3.8, 4) is 0 Å². The lowest BCUT2D eigenvalue weighted by molar-refractivity contribution is -0.386. The van der Waals surface area contributed by atoms with E-state index in [4.69, 9.17) is 28.4 Å². The first kappa shape index (κ1) is 70.7. The Bertz CT molecular complexity index is 1680. The van der Waals surface area contributed by atoms with Crippen LogP contribution in [0.1, 0.15) is 188 Å². The van der Waals surface area contributed by atoms with Gasteiger partial charge in [-0.05, 0) is 38.5 Å². The van der Waals surface area contributed by atoms with Crippen LogP contribution >= 0.6 is 0 Å². The molecule has 0 spiro atoms. The van der Waals surface area contributed by atoms with E-state index in [-0.39, 0.29) is 18.9 Å². The van der Waals surface area contributed by atoms with Gasteiger partial charge in [-0.15, -0.1) is 0 Å². The zero-order valence-electron chi connectivity index (χ0n) is 47.2. The van der Waals surface area contributed by atoms with E-state index >= 15 is 0 Å². The molecule has 3 aliphatic heterocycles. The van der Waals surface area contributed by atoms with Crippen LogP contribution in [-0.2, 0) is 42.8 Å². The number of aliphatic hydroxyl groups excluding tert-OH is 11. The lowest BCUT2D eigenvalue weighted by atomic mass is 9.88. The molecular formula is C56H102N2O21. The SMILES string of the molecule is CCCCCCCCC/C=C\CCCCCCCC(=O)NC(COC1OC(CO)C(OC2OC(CO)C(O)C(OC3(C(=O)O)CC(O)C(NC(C)=O)C(C(O)C(O)CO)O3)C2O)C(O)C1O)C(O)CCCCCCCCCCC. The summed E-state index contributed by atoms with van der Waals surface area (Å²) in [6, 6.07) is -2.53. The highest BCUT2D eigenvalue weighted by Crippen LogP contribution is 2.38. The number of carbonyl (C=O) groups is 3. The van der Waals surface area contributed by atoms with E-state index in [0.717, 1.165) is 71.1 Å². The summed E-state index contributed by atoms with van der Waals surface area (Å²) >= 11 is 0. The number of aliphatic hydroxyl groups is 11. The van der Waals surface area contributed by atoms with Crippen molar-refractivity contribution in [2.75, 3.05) is 26.4 Å². The second kappa shape index (κ2) is 39.1. The predicted octanol–water partition coefficient (Wildman–Crippen LogP) is 2.00. The van der Waals surface area contributed by atoms with Gasteiger partial charge in [0.25, 0.3) is 5.79 Å². The number of allylic oxidation sites excluding steroid dienone is 2. The van der Waals surface area contributed by atoms with Gasteiger partial charge >= 0.3 is 5.97 Å². The van der Waals surface area contributed by atoms with Crippen molar-refractivity contribution in [1.29, 1.82) is 0 Å². The maximum atomic E-state index is 13.3. The number of unbranched alkanes of at least 4 members (excludes halogenated alkanes) is 20. The highest BCUT2D eigenvalue weighted by atomic mass is 16.8. The topological polar surface area (TPSA) is 373 Å². The maximum absolute atomic E-state index is 13.3. The largest absolute Gasteiger partial charge is 0.477 e. The highest BCUT2D eigenvalue weighted by Gasteiger charge is 2.60. The van der Waals surface area contributed by atoms with Crippen LogP contribution in [0.3, 0.4) is 0 Å². The summed E-state index contributed by atoms with van der Waals surface area (Å²) < 4.78 is 34.6. The maximum Gasteiger partial charge on any atom is 0.364 e. The first-order chi connectivity index (χ1) is 37.9. The standard InChI is InChI=1S/C56H102N2O21/c1-4-6-8-10-12-14-15-16-17-18-19-20-22-24-26-28-30-43(66)58-37(38(63)29-27-25-23-21-13-11-9-7-5-2)35-74-53-48(70)47(69)50(42(34-61)76-53)77-54-49(71)52(46(68)41(33-60)75-54)79-56(55(72)73)31-39(64)44(57-36(3)62)51(78-56)45(67)40(65)32-59/h17-18,37-42,44-54,59-61,63-65,67-71H,4-16,19-35H2,1-3H3,(H,57,62)(H,58,66)(H,72,73)/b18-17-. The number of rotatable bonds is 42. The number of ether oxygens (including phenoxy) is 6. The van der Waals surface area contributed by atoms with Crippen molar-refractivity contribution in [3.63, 3.8) is 0 Å². The quantitative estimate of drug-likeness (QED) is 0.0307. The summed E-state index contributed by atoms with van der Waals surface area (Å²) in [5.41, 5.74) is 0. The Morgan fingerprint density at radius 3 is 1.71 bits per heavy atom. The van der Waals surface area contributed by atoms with Gasteiger partial charge in [-0.25, -0.2) is 4.79 Å².